The Hall–Kier alpha value is -1.81. The fraction of sp³-hybridized carbons (Fsp3) is 0.474. The molecule has 1 amide bonds. The highest BCUT2D eigenvalue weighted by molar-refractivity contribution is 6.30. The molecule has 1 unspecified atom stereocenters. The van der Waals surface area contributed by atoms with Crippen molar-refractivity contribution < 1.29 is 9.32 Å². The lowest BCUT2D eigenvalue weighted by atomic mass is 9.95. The van der Waals surface area contributed by atoms with E-state index in [1.807, 2.05) is 35.2 Å². The number of amides is 1. The van der Waals surface area contributed by atoms with E-state index in [-0.39, 0.29) is 5.91 Å². The smallest absolute Gasteiger partial charge is 0.234 e. The van der Waals surface area contributed by atoms with Gasteiger partial charge in [0.2, 0.25) is 5.91 Å². The van der Waals surface area contributed by atoms with Gasteiger partial charge in [-0.2, -0.15) is 0 Å². The molecule has 1 saturated carbocycles. The van der Waals surface area contributed by atoms with E-state index >= 15 is 0 Å². The summed E-state index contributed by atoms with van der Waals surface area (Å²) in [5.41, 5.74) is 1.24. The molecule has 5 heteroatoms. The molecule has 126 valence electrons. The number of hydrogen-bond acceptors (Lipinski definition) is 3. The number of carbonyl (C=O) groups excluding carboxylic acids is 1. The van der Waals surface area contributed by atoms with Crippen molar-refractivity contribution in [2.24, 2.45) is 5.92 Å². The van der Waals surface area contributed by atoms with E-state index in [0.717, 1.165) is 43.6 Å². The summed E-state index contributed by atoms with van der Waals surface area (Å²) >= 11 is 5.93. The van der Waals surface area contributed by atoms with E-state index in [0.29, 0.717) is 16.7 Å². The molecule has 2 aromatic rings. The van der Waals surface area contributed by atoms with Gasteiger partial charge in [0.1, 0.15) is 0 Å². The van der Waals surface area contributed by atoms with Crippen molar-refractivity contribution in [1.29, 1.82) is 0 Å². The molecule has 0 spiro atoms. The summed E-state index contributed by atoms with van der Waals surface area (Å²) in [6.45, 7) is 3.95. The largest absolute Gasteiger partial charge is 0.356 e. The minimum absolute atomic E-state index is 0.227. The van der Waals surface area contributed by atoms with Gasteiger partial charge in [-0.15, -0.1) is 0 Å². The number of benzene rings is 1. The quantitative estimate of drug-likeness (QED) is 0.834. The molecule has 2 fully saturated rings. The summed E-state index contributed by atoms with van der Waals surface area (Å²) in [5, 5.41) is 4.92. The Balaban J connectivity index is 1.57. The second-order valence-electron chi connectivity index (χ2n) is 7.16. The van der Waals surface area contributed by atoms with Crippen molar-refractivity contribution in [3.8, 4) is 11.3 Å². The van der Waals surface area contributed by atoms with Crippen molar-refractivity contribution in [3.05, 3.63) is 41.0 Å². The number of likely N-dealkylation sites (tertiary alicyclic amines) is 1. The first-order valence-corrected chi connectivity index (χ1v) is 8.99. The van der Waals surface area contributed by atoms with Gasteiger partial charge in [-0.3, -0.25) is 4.79 Å². The number of carbonyl (C=O) groups is 1. The highest BCUT2D eigenvalue weighted by Gasteiger charge is 2.55. The second kappa shape index (κ2) is 5.92. The number of piperidine rings is 1. The molecular formula is C19H21ClN2O2. The van der Waals surface area contributed by atoms with Crippen LogP contribution >= 0.6 is 11.6 Å². The Kier molecular flexibility index (Phi) is 3.87. The Morgan fingerprint density at radius 3 is 2.75 bits per heavy atom. The third-order valence-corrected chi connectivity index (χ3v) is 5.48. The van der Waals surface area contributed by atoms with Crippen LogP contribution in [0, 0.1) is 5.92 Å². The third-order valence-electron chi connectivity index (χ3n) is 5.23. The van der Waals surface area contributed by atoms with Crippen LogP contribution in [0.25, 0.3) is 11.3 Å². The average Bonchev–Trinajstić information content (AvgIpc) is 3.25. The molecule has 4 rings (SSSR count). The van der Waals surface area contributed by atoms with Crippen LogP contribution in [0.3, 0.4) is 0 Å². The summed E-state index contributed by atoms with van der Waals surface area (Å²) < 4.78 is 5.51. The number of rotatable bonds is 3. The molecule has 2 aliphatic rings. The molecular weight excluding hydrogens is 324 g/mol. The predicted octanol–water partition coefficient (Wildman–Crippen LogP) is 4.29. The number of hydrogen-bond donors (Lipinski definition) is 0. The van der Waals surface area contributed by atoms with Gasteiger partial charge in [0.25, 0.3) is 0 Å². The lowest BCUT2D eigenvalue weighted by molar-refractivity contribution is -0.135. The standard InChI is InChI=1S/C19H21ClN2O2/c1-13-3-2-10-22(12-13)18(23)19(8-9-19)17-11-16(24-21-17)14-4-6-15(20)7-5-14/h4-7,11,13H,2-3,8-10,12H2,1H3. The molecule has 1 aliphatic heterocycles. The van der Waals surface area contributed by atoms with E-state index in [2.05, 4.69) is 12.1 Å². The minimum Gasteiger partial charge on any atom is -0.356 e. The van der Waals surface area contributed by atoms with Gasteiger partial charge in [0, 0.05) is 29.7 Å². The number of halogens is 1. The molecule has 1 aromatic heterocycles. The molecule has 0 radical (unpaired) electrons. The lowest BCUT2D eigenvalue weighted by Crippen LogP contribution is -2.44. The third kappa shape index (κ3) is 2.73. The number of aromatic nitrogens is 1. The fourth-order valence-corrected chi connectivity index (χ4v) is 3.76. The Morgan fingerprint density at radius 2 is 2.08 bits per heavy atom. The van der Waals surface area contributed by atoms with Crippen molar-refractivity contribution in [2.45, 2.75) is 38.0 Å². The monoisotopic (exact) mass is 344 g/mol. The van der Waals surface area contributed by atoms with E-state index in [4.69, 9.17) is 16.1 Å². The van der Waals surface area contributed by atoms with E-state index in [9.17, 15) is 4.79 Å². The molecule has 1 saturated heterocycles. The van der Waals surface area contributed by atoms with Crippen LogP contribution in [0.2, 0.25) is 5.02 Å². The summed E-state index contributed by atoms with van der Waals surface area (Å²) in [6, 6.07) is 9.38. The summed E-state index contributed by atoms with van der Waals surface area (Å²) in [6.07, 6.45) is 4.03. The first-order chi connectivity index (χ1) is 11.6. The van der Waals surface area contributed by atoms with Crippen LogP contribution in [0.4, 0.5) is 0 Å². The Labute approximate surface area is 146 Å². The Bertz CT molecular complexity index is 749. The molecule has 1 atom stereocenters. The molecule has 1 aliphatic carbocycles. The van der Waals surface area contributed by atoms with Crippen LogP contribution in [0.1, 0.15) is 38.3 Å². The summed E-state index contributed by atoms with van der Waals surface area (Å²) in [5.74, 6) is 1.50. The highest BCUT2D eigenvalue weighted by atomic mass is 35.5. The van der Waals surface area contributed by atoms with Gasteiger partial charge >= 0.3 is 0 Å². The maximum Gasteiger partial charge on any atom is 0.234 e. The van der Waals surface area contributed by atoms with Gasteiger partial charge in [-0.05, 0) is 55.9 Å². The van der Waals surface area contributed by atoms with Crippen molar-refractivity contribution in [2.75, 3.05) is 13.1 Å². The zero-order valence-electron chi connectivity index (χ0n) is 13.8. The SMILES string of the molecule is CC1CCCN(C(=O)C2(c3cc(-c4ccc(Cl)cc4)on3)CC2)C1. The lowest BCUT2D eigenvalue weighted by Gasteiger charge is -2.33. The summed E-state index contributed by atoms with van der Waals surface area (Å²) in [4.78, 5) is 15.1. The predicted molar refractivity (Wildman–Crippen MR) is 92.8 cm³/mol. The van der Waals surface area contributed by atoms with Crippen molar-refractivity contribution in [3.63, 3.8) is 0 Å². The Morgan fingerprint density at radius 1 is 1.33 bits per heavy atom. The average molecular weight is 345 g/mol. The van der Waals surface area contributed by atoms with Crippen molar-refractivity contribution in [1.82, 2.24) is 10.1 Å². The highest BCUT2D eigenvalue weighted by Crippen LogP contribution is 2.50. The topological polar surface area (TPSA) is 46.3 Å². The second-order valence-corrected chi connectivity index (χ2v) is 7.60. The van der Waals surface area contributed by atoms with Crippen LogP contribution in [0.5, 0.6) is 0 Å². The first kappa shape index (κ1) is 15.7. The first-order valence-electron chi connectivity index (χ1n) is 8.61. The molecule has 0 N–H and O–H groups in total. The number of nitrogens with zero attached hydrogens (tertiary/aromatic N) is 2. The molecule has 2 heterocycles. The van der Waals surface area contributed by atoms with Gasteiger partial charge in [-0.25, -0.2) is 0 Å². The molecule has 1 aromatic carbocycles. The van der Waals surface area contributed by atoms with Crippen LogP contribution in [-0.2, 0) is 10.2 Å². The molecule has 0 bridgehead atoms. The van der Waals surface area contributed by atoms with E-state index in [1.54, 1.807) is 0 Å². The van der Waals surface area contributed by atoms with Gasteiger partial charge in [0.15, 0.2) is 5.76 Å². The molecule has 24 heavy (non-hydrogen) atoms. The minimum atomic E-state index is -0.453. The van der Waals surface area contributed by atoms with Crippen LogP contribution in [0.15, 0.2) is 34.9 Å². The maximum atomic E-state index is 13.0. The van der Waals surface area contributed by atoms with E-state index < -0.39 is 5.41 Å². The zero-order chi connectivity index (χ0) is 16.7. The van der Waals surface area contributed by atoms with Gasteiger partial charge < -0.3 is 9.42 Å². The van der Waals surface area contributed by atoms with Gasteiger partial charge in [0.05, 0.1) is 11.1 Å². The van der Waals surface area contributed by atoms with Crippen molar-refractivity contribution >= 4 is 17.5 Å². The summed E-state index contributed by atoms with van der Waals surface area (Å²) in [7, 11) is 0. The van der Waals surface area contributed by atoms with Crippen LogP contribution in [-0.4, -0.2) is 29.1 Å². The molecule has 4 nitrogen and oxygen atoms in total. The zero-order valence-corrected chi connectivity index (χ0v) is 14.6. The normalized spacial score (nSPS) is 22.4. The fourth-order valence-electron chi connectivity index (χ4n) is 3.63. The van der Waals surface area contributed by atoms with Crippen LogP contribution < -0.4 is 0 Å². The van der Waals surface area contributed by atoms with E-state index in [1.165, 1.54) is 6.42 Å². The maximum absolute atomic E-state index is 13.0. The van der Waals surface area contributed by atoms with Gasteiger partial charge in [-0.1, -0.05) is 23.7 Å².